The molecule has 3 nitrogen and oxygen atoms in total. The van der Waals surface area contributed by atoms with E-state index in [9.17, 15) is 0 Å². The van der Waals surface area contributed by atoms with Crippen molar-refractivity contribution in [2.45, 2.75) is 38.8 Å². The molecule has 0 aliphatic carbocycles. The lowest BCUT2D eigenvalue weighted by atomic mass is 10.1. The van der Waals surface area contributed by atoms with Crippen LogP contribution in [-0.4, -0.2) is 11.0 Å². The summed E-state index contributed by atoms with van der Waals surface area (Å²) in [6.45, 7) is 4.39. The van der Waals surface area contributed by atoms with Crippen molar-refractivity contribution in [2.75, 3.05) is 0 Å². The molecule has 0 bridgehead atoms. The van der Waals surface area contributed by atoms with Crippen LogP contribution in [0.3, 0.4) is 0 Å². The highest BCUT2D eigenvalue weighted by Gasteiger charge is 2.09. The van der Waals surface area contributed by atoms with E-state index in [-0.39, 0.29) is 0 Å². The van der Waals surface area contributed by atoms with E-state index in [1.54, 1.807) is 6.26 Å². The average molecular weight is 244 g/mol. The molecule has 0 fully saturated rings. The molecule has 0 saturated heterocycles. The molecule has 0 aliphatic rings. The summed E-state index contributed by atoms with van der Waals surface area (Å²) in [6.07, 6.45) is 7.45. The number of nitrogens with zero attached hydrogens (tertiary/aromatic N) is 1. The Hall–Kier alpha value is -1.61. The van der Waals surface area contributed by atoms with Gasteiger partial charge in [-0.1, -0.05) is 0 Å². The number of rotatable bonds is 6. The van der Waals surface area contributed by atoms with Crippen molar-refractivity contribution in [3.8, 4) is 0 Å². The van der Waals surface area contributed by atoms with Gasteiger partial charge in [0.05, 0.1) is 6.26 Å². The van der Waals surface area contributed by atoms with Crippen molar-refractivity contribution in [3.05, 3.63) is 54.2 Å². The zero-order valence-corrected chi connectivity index (χ0v) is 11.0. The minimum atomic E-state index is 0.347. The lowest BCUT2D eigenvalue weighted by Crippen LogP contribution is -2.29. The zero-order chi connectivity index (χ0) is 12.8. The molecule has 0 radical (unpaired) electrons. The highest BCUT2D eigenvalue weighted by molar-refractivity contribution is 5.14. The first-order valence-electron chi connectivity index (χ1n) is 6.44. The van der Waals surface area contributed by atoms with E-state index in [0.29, 0.717) is 12.1 Å². The molecule has 2 heterocycles. The summed E-state index contributed by atoms with van der Waals surface area (Å²) in [7, 11) is 0. The van der Waals surface area contributed by atoms with Gasteiger partial charge in [-0.05, 0) is 50.1 Å². The first-order valence-corrected chi connectivity index (χ1v) is 6.44. The maximum atomic E-state index is 5.34. The molecule has 0 aromatic carbocycles. The first-order chi connectivity index (χ1) is 8.75. The van der Waals surface area contributed by atoms with Crippen LogP contribution in [0.2, 0.25) is 0 Å². The molecular formula is C15H20N2O. The van der Waals surface area contributed by atoms with Gasteiger partial charge in [-0.3, -0.25) is 4.98 Å². The van der Waals surface area contributed by atoms with Crippen LogP contribution in [0.4, 0.5) is 0 Å². The molecule has 2 atom stereocenters. The molecule has 0 saturated carbocycles. The third kappa shape index (κ3) is 3.70. The van der Waals surface area contributed by atoms with E-state index < -0.39 is 0 Å². The standard InChI is InChI=1S/C15H20N2O/c1-12(5-6-15-4-3-11-18-15)17-13(2)14-7-9-16-10-8-14/h3-4,7-13,17H,5-6H2,1-2H3. The summed E-state index contributed by atoms with van der Waals surface area (Å²) in [5.74, 6) is 1.06. The highest BCUT2D eigenvalue weighted by Crippen LogP contribution is 2.13. The fraction of sp³-hybridized carbons (Fsp3) is 0.400. The number of aryl methyl sites for hydroxylation is 1. The SMILES string of the molecule is CC(CCc1ccco1)NC(C)c1ccncc1. The maximum absolute atomic E-state index is 5.34. The van der Waals surface area contributed by atoms with Crippen molar-refractivity contribution in [3.63, 3.8) is 0 Å². The predicted octanol–water partition coefficient (Wildman–Crippen LogP) is 3.35. The fourth-order valence-corrected chi connectivity index (χ4v) is 2.07. The molecule has 1 N–H and O–H groups in total. The maximum Gasteiger partial charge on any atom is 0.103 e. The number of aromatic nitrogens is 1. The molecular weight excluding hydrogens is 224 g/mol. The van der Waals surface area contributed by atoms with Gasteiger partial charge in [0, 0.05) is 30.9 Å². The van der Waals surface area contributed by atoms with Crippen LogP contribution >= 0.6 is 0 Å². The minimum Gasteiger partial charge on any atom is -0.469 e. The summed E-state index contributed by atoms with van der Waals surface area (Å²) in [5.41, 5.74) is 1.27. The third-order valence-electron chi connectivity index (χ3n) is 3.14. The van der Waals surface area contributed by atoms with E-state index >= 15 is 0 Å². The number of pyridine rings is 1. The van der Waals surface area contributed by atoms with Gasteiger partial charge >= 0.3 is 0 Å². The number of hydrogen-bond acceptors (Lipinski definition) is 3. The van der Waals surface area contributed by atoms with Gasteiger partial charge in [-0.15, -0.1) is 0 Å². The first kappa shape index (κ1) is 12.8. The van der Waals surface area contributed by atoms with E-state index in [0.717, 1.165) is 18.6 Å². The normalized spacial score (nSPS) is 14.3. The lowest BCUT2D eigenvalue weighted by Gasteiger charge is -2.19. The smallest absolute Gasteiger partial charge is 0.103 e. The van der Waals surface area contributed by atoms with E-state index in [2.05, 4.69) is 36.3 Å². The van der Waals surface area contributed by atoms with Gasteiger partial charge in [0.1, 0.15) is 5.76 Å². The lowest BCUT2D eigenvalue weighted by molar-refractivity contribution is 0.430. The van der Waals surface area contributed by atoms with Gasteiger partial charge in [0.15, 0.2) is 0 Å². The number of nitrogens with one attached hydrogen (secondary N) is 1. The number of hydrogen-bond donors (Lipinski definition) is 1. The van der Waals surface area contributed by atoms with E-state index in [4.69, 9.17) is 4.42 Å². The molecule has 18 heavy (non-hydrogen) atoms. The molecule has 3 heteroatoms. The highest BCUT2D eigenvalue weighted by atomic mass is 16.3. The second-order valence-corrected chi connectivity index (χ2v) is 4.69. The fourth-order valence-electron chi connectivity index (χ4n) is 2.07. The van der Waals surface area contributed by atoms with Crippen LogP contribution < -0.4 is 5.32 Å². The zero-order valence-electron chi connectivity index (χ0n) is 11.0. The van der Waals surface area contributed by atoms with Crippen molar-refractivity contribution >= 4 is 0 Å². The molecule has 2 aromatic rings. The molecule has 0 spiro atoms. The molecule has 96 valence electrons. The van der Waals surface area contributed by atoms with Crippen molar-refractivity contribution in [1.29, 1.82) is 0 Å². The van der Waals surface area contributed by atoms with Crippen LogP contribution in [0.25, 0.3) is 0 Å². The van der Waals surface area contributed by atoms with Gasteiger partial charge in [0.2, 0.25) is 0 Å². The second kappa shape index (κ2) is 6.36. The van der Waals surface area contributed by atoms with Crippen LogP contribution in [0.15, 0.2) is 47.3 Å². The predicted molar refractivity (Wildman–Crippen MR) is 72.3 cm³/mol. The van der Waals surface area contributed by atoms with Crippen LogP contribution in [0.1, 0.15) is 37.6 Å². The van der Waals surface area contributed by atoms with Crippen LogP contribution in [0.5, 0.6) is 0 Å². The van der Waals surface area contributed by atoms with Gasteiger partial charge in [-0.25, -0.2) is 0 Å². The Bertz CT molecular complexity index is 439. The van der Waals surface area contributed by atoms with Crippen molar-refractivity contribution in [2.24, 2.45) is 0 Å². The van der Waals surface area contributed by atoms with Gasteiger partial charge in [-0.2, -0.15) is 0 Å². The third-order valence-corrected chi connectivity index (χ3v) is 3.14. The quantitative estimate of drug-likeness (QED) is 0.846. The molecule has 2 rings (SSSR count). The van der Waals surface area contributed by atoms with Crippen LogP contribution in [-0.2, 0) is 6.42 Å². The minimum absolute atomic E-state index is 0.347. The molecule has 0 amide bonds. The van der Waals surface area contributed by atoms with Crippen molar-refractivity contribution < 1.29 is 4.42 Å². The Morgan fingerprint density at radius 3 is 2.67 bits per heavy atom. The summed E-state index contributed by atoms with van der Waals surface area (Å²) in [6, 6.07) is 8.87. The van der Waals surface area contributed by atoms with Crippen molar-refractivity contribution in [1.82, 2.24) is 10.3 Å². The Labute approximate surface area is 108 Å². The van der Waals surface area contributed by atoms with E-state index in [1.165, 1.54) is 5.56 Å². The van der Waals surface area contributed by atoms with E-state index in [1.807, 2.05) is 24.5 Å². The average Bonchev–Trinajstić information content (AvgIpc) is 2.90. The molecule has 0 aliphatic heterocycles. The van der Waals surface area contributed by atoms with Gasteiger partial charge < -0.3 is 9.73 Å². The Morgan fingerprint density at radius 1 is 1.22 bits per heavy atom. The molecule has 2 unspecified atom stereocenters. The number of furan rings is 1. The second-order valence-electron chi connectivity index (χ2n) is 4.69. The molecule has 2 aromatic heterocycles. The summed E-state index contributed by atoms with van der Waals surface area (Å²) >= 11 is 0. The Balaban J connectivity index is 1.78. The summed E-state index contributed by atoms with van der Waals surface area (Å²) in [5, 5.41) is 3.59. The topological polar surface area (TPSA) is 38.1 Å². The van der Waals surface area contributed by atoms with Crippen LogP contribution in [0, 0.1) is 0 Å². The summed E-state index contributed by atoms with van der Waals surface area (Å²) < 4.78 is 5.34. The Morgan fingerprint density at radius 2 is 2.00 bits per heavy atom. The monoisotopic (exact) mass is 244 g/mol. The Kier molecular flexibility index (Phi) is 4.53. The largest absolute Gasteiger partial charge is 0.469 e. The summed E-state index contributed by atoms with van der Waals surface area (Å²) in [4.78, 5) is 4.04. The van der Waals surface area contributed by atoms with Gasteiger partial charge in [0.25, 0.3) is 0 Å².